The average Bonchev–Trinajstić information content (AvgIpc) is 2.15. The topological polar surface area (TPSA) is 61.8 Å². The van der Waals surface area contributed by atoms with Crippen LogP contribution in [0.4, 0.5) is 0 Å². The number of carbonyl (C=O) groups excluding carboxylic acids is 2. The first-order chi connectivity index (χ1) is 7.09. The summed E-state index contributed by atoms with van der Waals surface area (Å²) in [5.74, 6) is -0.691. The predicted molar refractivity (Wildman–Crippen MR) is 51.2 cm³/mol. The summed E-state index contributed by atoms with van der Waals surface area (Å²) in [6, 6.07) is 0. The minimum atomic E-state index is -0.356. The monoisotopic (exact) mass is 216 g/mol. The van der Waals surface area contributed by atoms with Gasteiger partial charge in [0, 0.05) is 20.5 Å². The minimum absolute atomic E-state index is 0.146. The molecule has 5 heteroatoms. The Morgan fingerprint density at radius 2 is 2.07 bits per heavy atom. The Labute approximate surface area is 88.7 Å². The fourth-order valence-electron chi connectivity index (χ4n) is 1.52. The van der Waals surface area contributed by atoms with Gasteiger partial charge >= 0.3 is 11.9 Å². The molecule has 5 nitrogen and oxygen atoms in total. The second-order valence-electron chi connectivity index (χ2n) is 3.50. The van der Waals surface area contributed by atoms with E-state index in [4.69, 9.17) is 14.2 Å². The molecule has 0 spiro atoms. The Morgan fingerprint density at radius 1 is 1.33 bits per heavy atom. The zero-order valence-electron chi connectivity index (χ0n) is 9.02. The lowest BCUT2D eigenvalue weighted by atomic mass is 10.1. The molecule has 1 aliphatic rings. The second-order valence-corrected chi connectivity index (χ2v) is 3.50. The molecule has 15 heavy (non-hydrogen) atoms. The van der Waals surface area contributed by atoms with Gasteiger partial charge in [-0.25, -0.2) is 0 Å². The normalized spacial score (nSPS) is 25.7. The van der Waals surface area contributed by atoms with Gasteiger partial charge in [-0.2, -0.15) is 0 Å². The molecule has 1 saturated heterocycles. The molecule has 2 atom stereocenters. The van der Waals surface area contributed by atoms with Gasteiger partial charge in [-0.15, -0.1) is 0 Å². The van der Waals surface area contributed by atoms with E-state index in [1.165, 1.54) is 13.8 Å². The van der Waals surface area contributed by atoms with Crippen LogP contribution in [0.3, 0.4) is 0 Å². The fraction of sp³-hybridized carbons (Fsp3) is 0.800. The van der Waals surface area contributed by atoms with Crippen LogP contribution in [0.5, 0.6) is 0 Å². The van der Waals surface area contributed by atoms with Crippen molar-refractivity contribution in [1.29, 1.82) is 0 Å². The molecule has 0 aromatic heterocycles. The molecule has 1 fully saturated rings. The van der Waals surface area contributed by atoms with E-state index >= 15 is 0 Å². The maximum Gasteiger partial charge on any atom is 0.302 e. The van der Waals surface area contributed by atoms with Crippen LogP contribution in [-0.2, 0) is 23.8 Å². The molecule has 0 unspecified atom stereocenters. The van der Waals surface area contributed by atoms with Crippen molar-refractivity contribution in [3.63, 3.8) is 0 Å². The summed E-state index contributed by atoms with van der Waals surface area (Å²) in [6.07, 6.45) is 0.988. The third kappa shape index (κ3) is 4.29. The molecule has 0 bridgehead atoms. The highest BCUT2D eigenvalue weighted by Crippen LogP contribution is 2.17. The van der Waals surface area contributed by atoms with E-state index in [2.05, 4.69) is 0 Å². The fourth-order valence-corrected chi connectivity index (χ4v) is 1.52. The van der Waals surface area contributed by atoms with E-state index < -0.39 is 0 Å². The van der Waals surface area contributed by atoms with Crippen molar-refractivity contribution in [2.45, 2.75) is 38.9 Å². The third-order valence-corrected chi connectivity index (χ3v) is 2.15. The molecular formula is C10H16O5. The molecule has 1 aliphatic heterocycles. The van der Waals surface area contributed by atoms with Gasteiger partial charge in [0.2, 0.25) is 0 Å². The molecule has 0 aromatic rings. The Hall–Kier alpha value is -1.10. The Kier molecular flexibility index (Phi) is 4.55. The van der Waals surface area contributed by atoms with Crippen LogP contribution in [0.25, 0.3) is 0 Å². The van der Waals surface area contributed by atoms with Gasteiger partial charge in [0.15, 0.2) is 0 Å². The van der Waals surface area contributed by atoms with Crippen molar-refractivity contribution in [2.75, 3.05) is 13.2 Å². The molecule has 0 aliphatic carbocycles. The van der Waals surface area contributed by atoms with Crippen LogP contribution in [-0.4, -0.2) is 37.4 Å². The van der Waals surface area contributed by atoms with E-state index in [0.29, 0.717) is 6.61 Å². The molecular weight excluding hydrogens is 200 g/mol. The number of hydrogen-bond donors (Lipinski definition) is 0. The van der Waals surface area contributed by atoms with Gasteiger partial charge in [-0.3, -0.25) is 9.59 Å². The second kappa shape index (κ2) is 5.70. The van der Waals surface area contributed by atoms with E-state index in [1.54, 1.807) is 0 Å². The van der Waals surface area contributed by atoms with Gasteiger partial charge in [0.05, 0.1) is 0 Å². The Balaban J connectivity index is 2.42. The van der Waals surface area contributed by atoms with E-state index in [-0.39, 0.29) is 30.8 Å². The summed E-state index contributed by atoms with van der Waals surface area (Å²) in [6.45, 7) is 3.46. The van der Waals surface area contributed by atoms with Crippen molar-refractivity contribution in [2.24, 2.45) is 0 Å². The van der Waals surface area contributed by atoms with Crippen LogP contribution >= 0.6 is 0 Å². The first-order valence-corrected chi connectivity index (χ1v) is 5.02. The van der Waals surface area contributed by atoms with Gasteiger partial charge < -0.3 is 14.2 Å². The summed E-state index contributed by atoms with van der Waals surface area (Å²) >= 11 is 0. The van der Waals surface area contributed by atoms with Gasteiger partial charge in [-0.1, -0.05) is 0 Å². The highest BCUT2D eigenvalue weighted by Gasteiger charge is 2.29. The lowest BCUT2D eigenvalue weighted by Crippen LogP contribution is -2.40. The molecule has 0 amide bonds. The minimum Gasteiger partial charge on any atom is -0.463 e. The highest BCUT2D eigenvalue weighted by molar-refractivity contribution is 5.66. The number of ether oxygens (including phenoxy) is 3. The van der Waals surface area contributed by atoms with Crippen molar-refractivity contribution in [3.8, 4) is 0 Å². The number of hydrogen-bond acceptors (Lipinski definition) is 5. The molecule has 0 saturated carbocycles. The van der Waals surface area contributed by atoms with Crippen LogP contribution in [0.15, 0.2) is 0 Å². The molecule has 0 radical (unpaired) electrons. The summed E-state index contributed by atoms with van der Waals surface area (Å²) in [4.78, 5) is 21.4. The van der Waals surface area contributed by atoms with Crippen LogP contribution < -0.4 is 0 Å². The van der Waals surface area contributed by atoms with E-state index in [0.717, 1.165) is 12.8 Å². The molecule has 1 heterocycles. The zero-order valence-corrected chi connectivity index (χ0v) is 9.02. The maximum atomic E-state index is 10.8. The van der Waals surface area contributed by atoms with E-state index in [1.807, 2.05) is 0 Å². The van der Waals surface area contributed by atoms with Gasteiger partial charge in [-0.05, 0) is 12.8 Å². The zero-order chi connectivity index (χ0) is 11.3. The van der Waals surface area contributed by atoms with Gasteiger partial charge in [0.1, 0.15) is 18.8 Å². The summed E-state index contributed by atoms with van der Waals surface area (Å²) in [5.41, 5.74) is 0. The standard InChI is InChI=1S/C10H16O5/c1-7(11)14-6-10-9(15-8(2)12)4-3-5-13-10/h9-10H,3-6H2,1-2H3/t9-,10+/m0/s1. The van der Waals surface area contributed by atoms with Crippen LogP contribution in [0, 0.1) is 0 Å². The maximum absolute atomic E-state index is 10.8. The van der Waals surface area contributed by atoms with Crippen molar-refractivity contribution in [1.82, 2.24) is 0 Å². The van der Waals surface area contributed by atoms with Gasteiger partial charge in [0.25, 0.3) is 0 Å². The summed E-state index contributed by atoms with van der Waals surface area (Å²) in [5, 5.41) is 0. The average molecular weight is 216 g/mol. The summed E-state index contributed by atoms with van der Waals surface area (Å²) in [7, 11) is 0. The third-order valence-electron chi connectivity index (χ3n) is 2.15. The Morgan fingerprint density at radius 3 is 2.67 bits per heavy atom. The van der Waals surface area contributed by atoms with Crippen molar-refractivity contribution < 1.29 is 23.8 Å². The first kappa shape index (κ1) is 12.0. The largest absolute Gasteiger partial charge is 0.463 e. The first-order valence-electron chi connectivity index (χ1n) is 5.02. The molecule has 0 aromatic carbocycles. The molecule has 0 N–H and O–H groups in total. The van der Waals surface area contributed by atoms with Crippen molar-refractivity contribution >= 4 is 11.9 Å². The quantitative estimate of drug-likeness (QED) is 0.648. The summed E-state index contributed by atoms with van der Waals surface area (Å²) < 4.78 is 15.3. The van der Waals surface area contributed by atoms with E-state index in [9.17, 15) is 9.59 Å². The predicted octanol–water partition coefficient (Wildman–Crippen LogP) is 0.660. The SMILES string of the molecule is CC(=O)OC[C@H]1OCCC[C@@H]1OC(C)=O. The van der Waals surface area contributed by atoms with Crippen LogP contribution in [0.1, 0.15) is 26.7 Å². The highest BCUT2D eigenvalue weighted by atomic mass is 16.6. The molecule has 1 rings (SSSR count). The van der Waals surface area contributed by atoms with Crippen molar-refractivity contribution in [3.05, 3.63) is 0 Å². The number of rotatable bonds is 3. The lowest BCUT2D eigenvalue weighted by molar-refractivity contribution is -0.170. The Bertz CT molecular complexity index is 238. The molecule has 86 valence electrons. The van der Waals surface area contributed by atoms with Crippen LogP contribution in [0.2, 0.25) is 0 Å². The smallest absolute Gasteiger partial charge is 0.302 e. The number of carbonyl (C=O) groups is 2. The number of esters is 2. The lowest BCUT2D eigenvalue weighted by Gasteiger charge is -2.30.